The lowest BCUT2D eigenvalue weighted by atomic mass is 9.76. The van der Waals surface area contributed by atoms with E-state index in [4.69, 9.17) is 4.74 Å². The maximum Gasteiger partial charge on any atom is 0.282 e. The lowest BCUT2D eigenvalue weighted by Gasteiger charge is -2.53. The van der Waals surface area contributed by atoms with E-state index in [-0.39, 0.29) is 46.4 Å². The summed E-state index contributed by atoms with van der Waals surface area (Å²) in [7, 11) is 3.78. The van der Waals surface area contributed by atoms with Gasteiger partial charge in [0.2, 0.25) is 5.91 Å². The van der Waals surface area contributed by atoms with Gasteiger partial charge in [0.15, 0.2) is 5.82 Å². The fourth-order valence-corrected chi connectivity index (χ4v) is 7.12. The summed E-state index contributed by atoms with van der Waals surface area (Å²) in [5, 5.41) is 11.0. The number of hydrogen-bond acceptors (Lipinski definition) is 9. The number of rotatable bonds is 15. The van der Waals surface area contributed by atoms with Gasteiger partial charge in [-0.1, -0.05) is 20.8 Å². The van der Waals surface area contributed by atoms with E-state index in [0.717, 1.165) is 58.5 Å². The Bertz CT molecular complexity index is 1340. The quantitative estimate of drug-likeness (QED) is 0.305. The van der Waals surface area contributed by atoms with E-state index in [1.54, 1.807) is 11.9 Å². The number of carbonyl (C=O) groups excluding carboxylic acids is 2. The Morgan fingerprint density at radius 3 is 2.54 bits per heavy atom. The number of aromatic nitrogens is 3. The van der Waals surface area contributed by atoms with Gasteiger partial charge in [-0.25, -0.2) is 9.37 Å². The van der Waals surface area contributed by atoms with E-state index >= 15 is 0 Å². The second kappa shape index (κ2) is 15.5. The molecule has 0 bridgehead atoms. The minimum Gasteiger partial charge on any atom is -0.434 e. The Morgan fingerprint density at radius 1 is 1.15 bits per heavy atom. The lowest BCUT2D eigenvalue weighted by Crippen LogP contribution is -2.62. The van der Waals surface area contributed by atoms with Crippen LogP contribution in [0.15, 0.2) is 24.5 Å². The van der Waals surface area contributed by atoms with E-state index in [9.17, 15) is 14.0 Å². The van der Waals surface area contributed by atoms with Gasteiger partial charge in [-0.2, -0.15) is 0 Å². The van der Waals surface area contributed by atoms with E-state index in [0.29, 0.717) is 24.3 Å². The van der Waals surface area contributed by atoms with Gasteiger partial charge < -0.3 is 24.8 Å². The van der Waals surface area contributed by atoms with Crippen LogP contribution < -0.4 is 15.0 Å². The third-order valence-electron chi connectivity index (χ3n) is 9.55. The van der Waals surface area contributed by atoms with Crippen molar-refractivity contribution in [2.45, 2.75) is 72.9 Å². The van der Waals surface area contributed by atoms with Crippen LogP contribution in [-0.2, 0) is 4.79 Å². The summed E-state index contributed by atoms with van der Waals surface area (Å²) < 4.78 is 20.5. The molecule has 2 aliphatic rings. The zero-order chi connectivity index (χ0) is 33.6. The smallest absolute Gasteiger partial charge is 0.282 e. The second-order valence-corrected chi connectivity index (χ2v) is 13.8. The molecule has 12 heteroatoms. The highest BCUT2D eigenvalue weighted by atomic mass is 19.1. The van der Waals surface area contributed by atoms with Crippen LogP contribution in [-0.4, -0.2) is 114 Å². The van der Waals surface area contributed by atoms with Crippen LogP contribution in [0.5, 0.6) is 11.6 Å². The van der Waals surface area contributed by atoms with Crippen LogP contribution in [0.4, 0.5) is 10.2 Å². The first kappa shape index (κ1) is 35.5. The maximum atomic E-state index is 14.3. The molecule has 0 radical (unpaired) electrons. The van der Waals surface area contributed by atoms with Gasteiger partial charge in [-0.3, -0.25) is 14.5 Å². The molecule has 3 heterocycles. The minimum absolute atomic E-state index is 0.0241. The molecule has 1 N–H and O–H groups in total. The number of benzene rings is 1. The molecule has 4 rings (SSSR count). The van der Waals surface area contributed by atoms with Crippen molar-refractivity contribution in [1.82, 2.24) is 35.2 Å². The fraction of sp³-hybridized carbons (Fsp3) is 0.676. The molecular weight excluding hydrogens is 587 g/mol. The Balaban J connectivity index is 1.38. The van der Waals surface area contributed by atoms with Crippen molar-refractivity contribution in [3.8, 4) is 11.6 Å². The average Bonchev–Trinajstić information content (AvgIpc) is 3.45. The first-order valence-corrected chi connectivity index (χ1v) is 16.7. The van der Waals surface area contributed by atoms with Crippen molar-refractivity contribution in [2.75, 3.05) is 64.8 Å². The van der Waals surface area contributed by atoms with Gasteiger partial charge in [0.05, 0.1) is 5.56 Å². The zero-order valence-corrected chi connectivity index (χ0v) is 28.9. The van der Waals surface area contributed by atoms with Crippen LogP contribution >= 0.6 is 0 Å². The molecule has 0 saturated carbocycles. The molecule has 2 fully saturated rings. The van der Waals surface area contributed by atoms with Crippen molar-refractivity contribution >= 4 is 17.6 Å². The van der Waals surface area contributed by atoms with Gasteiger partial charge in [0, 0.05) is 69.7 Å². The number of ether oxygens (including phenoxy) is 1. The maximum absolute atomic E-state index is 14.3. The molecule has 46 heavy (non-hydrogen) atoms. The molecule has 2 atom stereocenters. The van der Waals surface area contributed by atoms with E-state index in [2.05, 4.69) is 56.1 Å². The number of hydrogen-bond donors (Lipinski definition) is 1. The summed E-state index contributed by atoms with van der Waals surface area (Å²) in [6.07, 6.45) is 4.66. The molecule has 2 saturated heterocycles. The first-order valence-electron chi connectivity index (χ1n) is 16.7. The molecule has 1 aromatic carbocycles. The number of carbonyl (C=O) groups is 2. The van der Waals surface area contributed by atoms with Crippen molar-refractivity contribution in [1.29, 1.82) is 0 Å². The van der Waals surface area contributed by atoms with Crippen LogP contribution in [0.1, 0.15) is 71.2 Å². The highest BCUT2D eigenvalue weighted by Gasteiger charge is 2.50. The molecule has 11 nitrogen and oxygen atoms in total. The van der Waals surface area contributed by atoms with E-state index in [1.807, 2.05) is 27.7 Å². The third-order valence-corrected chi connectivity index (χ3v) is 9.55. The van der Waals surface area contributed by atoms with Crippen molar-refractivity contribution in [2.24, 2.45) is 17.3 Å². The number of nitrogens with zero attached hydrogens (tertiary/aromatic N) is 7. The number of likely N-dealkylation sites (tertiary alicyclic amines) is 1. The third kappa shape index (κ3) is 8.31. The second-order valence-electron chi connectivity index (χ2n) is 13.8. The summed E-state index contributed by atoms with van der Waals surface area (Å²) in [5.74, 6) is 0.812. The predicted octanol–water partition coefficient (Wildman–Crippen LogP) is 4.30. The zero-order valence-electron chi connectivity index (χ0n) is 28.9. The molecule has 2 aliphatic heterocycles. The normalized spacial score (nSPS) is 17.4. The average molecular weight is 641 g/mol. The predicted molar refractivity (Wildman–Crippen MR) is 178 cm³/mol. The summed E-state index contributed by atoms with van der Waals surface area (Å²) in [6.45, 7) is 18.3. The molecular formula is C34H53FN8O3. The van der Waals surface area contributed by atoms with Crippen molar-refractivity contribution in [3.05, 3.63) is 35.9 Å². The van der Waals surface area contributed by atoms with E-state index < -0.39 is 5.82 Å². The molecule has 2 aromatic rings. The van der Waals surface area contributed by atoms with Crippen LogP contribution in [0.25, 0.3) is 0 Å². The Morgan fingerprint density at radius 2 is 1.89 bits per heavy atom. The Hall–Kier alpha value is -3.38. The highest BCUT2D eigenvalue weighted by molar-refractivity contribution is 5.97. The van der Waals surface area contributed by atoms with Crippen LogP contribution in [0.3, 0.4) is 0 Å². The van der Waals surface area contributed by atoms with Gasteiger partial charge in [0.25, 0.3) is 11.8 Å². The SMILES string of the molecule is CCN(C(=O)c1cc(F)ccc1Oc1nncnc1N1CCC2(C1)CN([C@H](CCCN(C)C[C@H](C)C(=O)NC)C(C)C)C2)C(C)C. The first-order chi connectivity index (χ1) is 21.9. The Labute approximate surface area is 273 Å². The van der Waals surface area contributed by atoms with Crippen LogP contribution in [0, 0.1) is 23.1 Å². The van der Waals surface area contributed by atoms with Crippen molar-refractivity contribution in [3.63, 3.8) is 0 Å². The van der Waals surface area contributed by atoms with E-state index in [1.165, 1.54) is 24.5 Å². The molecule has 2 amide bonds. The minimum atomic E-state index is -0.508. The van der Waals surface area contributed by atoms with Gasteiger partial charge in [-0.15, -0.1) is 10.2 Å². The number of anilines is 1. The topological polar surface area (TPSA) is 107 Å². The molecule has 0 aliphatic carbocycles. The summed E-state index contributed by atoms with van der Waals surface area (Å²) >= 11 is 0. The fourth-order valence-electron chi connectivity index (χ4n) is 7.12. The molecule has 254 valence electrons. The summed E-state index contributed by atoms with van der Waals surface area (Å²) in [6, 6.07) is 4.42. The lowest BCUT2D eigenvalue weighted by molar-refractivity contribution is -0.124. The van der Waals surface area contributed by atoms with Gasteiger partial charge >= 0.3 is 0 Å². The molecule has 1 spiro atoms. The largest absolute Gasteiger partial charge is 0.434 e. The van der Waals surface area contributed by atoms with Gasteiger partial charge in [0.1, 0.15) is 17.9 Å². The van der Waals surface area contributed by atoms with Crippen molar-refractivity contribution < 1.29 is 18.7 Å². The number of halogens is 1. The monoisotopic (exact) mass is 640 g/mol. The molecule has 0 unspecified atom stereocenters. The number of amides is 2. The Kier molecular flexibility index (Phi) is 11.9. The van der Waals surface area contributed by atoms with Gasteiger partial charge in [-0.05, 0) is 77.7 Å². The van der Waals surface area contributed by atoms with Crippen LogP contribution in [0.2, 0.25) is 0 Å². The number of nitrogens with one attached hydrogen (secondary N) is 1. The summed E-state index contributed by atoms with van der Waals surface area (Å²) in [4.78, 5) is 38.6. The highest BCUT2D eigenvalue weighted by Crippen LogP contribution is 2.44. The summed E-state index contributed by atoms with van der Waals surface area (Å²) in [5.41, 5.74) is 0.317. The molecule has 1 aromatic heterocycles. The standard InChI is InChI=1S/C34H53FN8O3/c1-9-43(24(4)5)33(45)27-17-26(35)12-13-29(27)46-32-30(37-22-38-39-32)41-16-14-34(19-41)20-42(21-34)28(23(2)3)11-10-15-40(8)18-25(6)31(44)36-7/h12-13,17,22-25,28H,9-11,14-16,18-21H2,1-8H3,(H,36,44)/t25-,28+/m0/s1.